The van der Waals surface area contributed by atoms with E-state index in [0.717, 1.165) is 11.1 Å². The van der Waals surface area contributed by atoms with Crippen molar-refractivity contribution in [2.24, 2.45) is 0 Å². The van der Waals surface area contributed by atoms with Crippen LogP contribution in [0.1, 0.15) is 11.3 Å². The van der Waals surface area contributed by atoms with Gasteiger partial charge in [0.25, 0.3) is 5.91 Å². The van der Waals surface area contributed by atoms with Gasteiger partial charge in [0.05, 0.1) is 6.54 Å². The maximum Gasteiger partial charge on any atom is 0.258 e. The SMILES string of the molecule is Cc1ccc(OCC(=O)NCc2cc(-c3ccc4c(c3)OCO4)on2)cc1. The molecule has 0 saturated carbocycles. The summed E-state index contributed by atoms with van der Waals surface area (Å²) < 4.78 is 21.5. The lowest BCUT2D eigenvalue weighted by atomic mass is 10.1. The molecule has 4 rings (SSSR count). The van der Waals surface area contributed by atoms with Crippen LogP contribution in [0.15, 0.2) is 53.1 Å². The summed E-state index contributed by atoms with van der Waals surface area (Å²) in [5.41, 5.74) is 2.58. The van der Waals surface area contributed by atoms with Gasteiger partial charge < -0.3 is 24.1 Å². The van der Waals surface area contributed by atoms with Crippen molar-refractivity contribution in [3.8, 4) is 28.6 Å². The molecule has 7 heteroatoms. The molecule has 2 aromatic carbocycles. The second-order valence-electron chi connectivity index (χ2n) is 6.13. The highest BCUT2D eigenvalue weighted by atomic mass is 16.7. The van der Waals surface area contributed by atoms with Crippen molar-refractivity contribution < 1.29 is 23.5 Å². The van der Waals surface area contributed by atoms with Crippen LogP contribution < -0.4 is 19.5 Å². The van der Waals surface area contributed by atoms with Gasteiger partial charge in [-0.3, -0.25) is 4.79 Å². The Morgan fingerprint density at radius 3 is 2.78 bits per heavy atom. The summed E-state index contributed by atoms with van der Waals surface area (Å²) in [5.74, 6) is 2.39. The van der Waals surface area contributed by atoms with Gasteiger partial charge in [0, 0.05) is 11.6 Å². The van der Waals surface area contributed by atoms with Crippen LogP contribution in [0.2, 0.25) is 0 Å². The van der Waals surface area contributed by atoms with Gasteiger partial charge >= 0.3 is 0 Å². The molecule has 0 unspecified atom stereocenters. The third-order valence-electron chi connectivity index (χ3n) is 4.07. The molecule has 3 aromatic rings. The topological polar surface area (TPSA) is 82.8 Å². The Bertz CT molecular complexity index is 949. The first kappa shape index (κ1) is 17.0. The molecule has 0 saturated heterocycles. The first-order valence-electron chi connectivity index (χ1n) is 8.49. The van der Waals surface area contributed by atoms with Gasteiger partial charge in [-0.1, -0.05) is 22.9 Å². The number of rotatable bonds is 6. The largest absolute Gasteiger partial charge is 0.484 e. The van der Waals surface area contributed by atoms with E-state index in [4.69, 9.17) is 18.7 Å². The zero-order chi connectivity index (χ0) is 18.6. The number of aryl methyl sites for hydroxylation is 1. The van der Waals surface area contributed by atoms with E-state index in [-0.39, 0.29) is 25.9 Å². The Kier molecular flexibility index (Phi) is 4.65. The van der Waals surface area contributed by atoms with Crippen LogP contribution in [-0.4, -0.2) is 24.5 Å². The van der Waals surface area contributed by atoms with E-state index in [1.807, 2.05) is 49.4 Å². The number of nitrogens with zero attached hydrogens (tertiary/aromatic N) is 1. The molecule has 1 aliphatic heterocycles. The number of carbonyl (C=O) groups excluding carboxylic acids is 1. The molecule has 1 N–H and O–H groups in total. The van der Waals surface area contributed by atoms with Gasteiger partial charge in [0.2, 0.25) is 6.79 Å². The number of benzene rings is 2. The minimum Gasteiger partial charge on any atom is -0.484 e. The fourth-order valence-corrected chi connectivity index (χ4v) is 2.60. The summed E-state index contributed by atoms with van der Waals surface area (Å²) in [6.07, 6.45) is 0. The molecular weight excluding hydrogens is 348 g/mol. The van der Waals surface area contributed by atoms with Gasteiger partial charge in [-0.05, 0) is 37.3 Å². The molecule has 1 aliphatic rings. The smallest absolute Gasteiger partial charge is 0.258 e. The molecule has 2 heterocycles. The summed E-state index contributed by atoms with van der Waals surface area (Å²) >= 11 is 0. The molecule has 7 nitrogen and oxygen atoms in total. The first-order valence-corrected chi connectivity index (χ1v) is 8.49. The third-order valence-corrected chi connectivity index (χ3v) is 4.07. The number of hydrogen-bond donors (Lipinski definition) is 1. The van der Waals surface area contributed by atoms with Gasteiger partial charge in [0.15, 0.2) is 23.9 Å². The number of hydrogen-bond acceptors (Lipinski definition) is 6. The highest BCUT2D eigenvalue weighted by molar-refractivity contribution is 5.77. The van der Waals surface area contributed by atoms with Gasteiger partial charge in [-0.2, -0.15) is 0 Å². The molecule has 138 valence electrons. The number of aromatic nitrogens is 1. The van der Waals surface area contributed by atoms with E-state index in [1.165, 1.54) is 0 Å². The maximum atomic E-state index is 11.9. The second kappa shape index (κ2) is 7.41. The predicted octanol–water partition coefficient (Wildman–Crippen LogP) is 3.07. The van der Waals surface area contributed by atoms with Crippen molar-refractivity contribution >= 4 is 5.91 Å². The van der Waals surface area contributed by atoms with Crippen LogP contribution in [0, 0.1) is 6.92 Å². The molecular formula is C20H18N2O5. The van der Waals surface area contributed by atoms with Gasteiger partial charge in [-0.25, -0.2) is 0 Å². The Hall–Kier alpha value is -3.48. The number of nitrogens with one attached hydrogen (secondary N) is 1. The van der Waals surface area contributed by atoms with Crippen LogP contribution in [0.25, 0.3) is 11.3 Å². The van der Waals surface area contributed by atoms with E-state index < -0.39 is 0 Å². The Labute approximate surface area is 155 Å². The lowest BCUT2D eigenvalue weighted by Gasteiger charge is -2.06. The zero-order valence-electron chi connectivity index (χ0n) is 14.7. The van der Waals surface area contributed by atoms with Crippen LogP contribution in [0.4, 0.5) is 0 Å². The Morgan fingerprint density at radius 2 is 1.93 bits per heavy atom. The fourth-order valence-electron chi connectivity index (χ4n) is 2.60. The molecule has 1 aromatic heterocycles. The van der Waals surface area contributed by atoms with Crippen LogP contribution in [-0.2, 0) is 11.3 Å². The molecule has 0 bridgehead atoms. The van der Waals surface area contributed by atoms with Gasteiger partial charge in [-0.15, -0.1) is 0 Å². The average molecular weight is 366 g/mol. The number of amides is 1. The van der Waals surface area contributed by atoms with E-state index in [0.29, 0.717) is 28.7 Å². The Balaban J connectivity index is 1.30. The van der Waals surface area contributed by atoms with E-state index in [9.17, 15) is 4.79 Å². The van der Waals surface area contributed by atoms with Crippen molar-refractivity contribution in [1.82, 2.24) is 10.5 Å². The third kappa shape index (κ3) is 4.03. The normalized spacial score (nSPS) is 12.0. The summed E-state index contributed by atoms with van der Waals surface area (Å²) in [6.45, 7) is 2.41. The average Bonchev–Trinajstić information content (AvgIpc) is 3.34. The van der Waals surface area contributed by atoms with Crippen LogP contribution >= 0.6 is 0 Å². The fraction of sp³-hybridized carbons (Fsp3) is 0.200. The standard InChI is InChI=1S/C20H18N2O5/c1-13-2-5-16(6-3-13)24-11-20(23)21-10-15-9-18(27-22-15)14-4-7-17-19(8-14)26-12-25-17/h2-9H,10-12H2,1H3,(H,21,23). The van der Waals surface area contributed by atoms with Crippen molar-refractivity contribution in [1.29, 1.82) is 0 Å². The molecule has 1 amide bonds. The van der Waals surface area contributed by atoms with Crippen molar-refractivity contribution in [3.63, 3.8) is 0 Å². The summed E-state index contributed by atoms with van der Waals surface area (Å²) in [5, 5.41) is 6.74. The minimum atomic E-state index is -0.233. The van der Waals surface area contributed by atoms with Crippen molar-refractivity contribution in [2.75, 3.05) is 13.4 Å². The predicted molar refractivity (Wildman–Crippen MR) is 96.6 cm³/mol. The minimum absolute atomic E-state index is 0.0596. The first-order chi connectivity index (χ1) is 13.2. The van der Waals surface area contributed by atoms with E-state index in [1.54, 1.807) is 6.07 Å². The zero-order valence-corrected chi connectivity index (χ0v) is 14.7. The van der Waals surface area contributed by atoms with E-state index in [2.05, 4.69) is 10.5 Å². The van der Waals surface area contributed by atoms with Crippen LogP contribution in [0.3, 0.4) is 0 Å². The summed E-state index contributed by atoms with van der Waals surface area (Å²) in [6, 6.07) is 14.8. The van der Waals surface area contributed by atoms with Crippen molar-refractivity contribution in [3.05, 3.63) is 59.8 Å². The highest BCUT2D eigenvalue weighted by Crippen LogP contribution is 2.35. The number of fused-ring (bicyclic) bond motifs is 1. The summed E-state index contributed by atoms with van der Waals surface area (Å²) in [4.78, 5) is 11.9. The number of ether oxygens (including phenoxy) is 3. The summed E-state index contributed by atoms with van der Waals surface area (Å²) in [7, 11) is 0. The molecule has 0 atom stereocenters. The molecule has 27 heavy (non-hydrogen) atoms. The monoisotopic (exact) mass is 366 g/mol. The quantitative estimate of drug-likeness (QED) is 0.722. The van der Waals surface area contributed by atoms with Crippen LogP contribution in [0.5, 0.6) is 17.2 Å². The molecule has 0 aliphatic carbocycles. The van der Waals surface area contributed by atoms with Gasteiger partial charge in [0.1, 0.15) is 11.4 Å². The second-order valence-corrected chi connectivity index (χ2v) is 6.13. The molecule has 0 radical (unpaired) electrons. The molecule has 0 spiro atoms. The van der Waals surface area contributed by atoms with Crippen molar-refractivity contribution in [2.45, 2.75) is 13.5 Å². The highest BCUT2D eigenvalue weighted by Gasteiger charge is 2.16. The number of carbonyl (C=O) groups is 1. The maximum absolute atomic E-state index is 11.9. The lowest BCUT2D eigenvalue weighted by molar-refractivity contribution is -0.123. The van der Waals surface area contributed by atoms with E-state index >= 15 is 0 Å². The molecule has 0 fully saturated rings. The lowest BCUT2D eigenvalue weighted by Crippen LogP contribution is -2.28. The Morgan fingerprint density at radius 1 is 1.11 bits per heavy atom.